The summed E-state index contributed by atoms with van der Waals surface area (Å²) in [4.78, 5) is 21.7. The lowest BCUT2D eigenvalue weighted by atomic mass is 10.1. The maximum absolute atomic E-state index is 12.5. The first-order valence-electron chi connectivity index (χ1n) is 10.7. The van der Waals surface area contributed by atoms with Gasteiger partial charge in [0.05, 0.1) is 14.2 Å². The Balaban J connectivity index is 1.58. The van der Waals surface area contributed by atoms with E-state index >= 15 is 0 Å². The Hall–Kier alpha value is -3.94. The lowest BCUT2D eigenvalue weighted by molar-refractivity contribution is -0.116. The van der Waals surface area contributed by atoms with Gasteiger partial charge in [-0.1, -0.05) is 17.7 Å². The highest BCUT2D eigenvalue weighted by Crippen LogP contribution is 2.28. The normalized spacial score (nSPS) is 10.9. The molecule has 33 heavy (non-hydrogen) atoms. The van der Waals surface area contributed by atoms with Gasteiger partial charge in [-0.05, 0) is 57.0 Å². The summed E-state index contributed by atoms with van der Waals surface area (Å²) in [6, 6.07) is 13.3. The van der Waals surface area contributed by atoms with E-state index in [0.29, 0.717) is 35.9 Å². The molecule has 0 atom stereocenters. The molecule has 0 saturated heterocycles. The molecule has 0 aliphatic carbocycles. The molecule has 0 spiro atoms. The van der Waals surface area contributed by atoms with Gasteiger partial charge in [0, 0.05) is 35.1 Å². The Bertz CT molecular complexity index is 1290. The van der Waals surface area contributed by atoms with E-state index in [1.165, 1.54) is 0 Å². The number of benzene rings is 2. The Morgan fingerprint density at radius 2 is 1.64 bits per heavy atom. The van der Waals surface area contributed by atoms with Gasteiger partial charge in [0.15, 0.2) is 5.82 Å². The quantitative estimate of drug-likeness (QED) is 0.456. The Morgan fingerprint density at radius 1 is 0.970 bits per heavy atom. The predicted molar refractivity (Wildman–Crippen MR) is 127 cm³/mol. The molecule has 0 bridgehead atoms. The van der Waals surface area contributed by atoms with Crippen LogP contribution in [0.5, 0.6) is 11.5 Å². The van der Waals surface area contributed by atoms with E-state index in [1.54, 1.807) is 24.8 Å². The summed E-state index contributed by atoms with van der Waals surface area (Å²) in [5.41, 5.74) is 5.45. The van der Waals surface area contributed by atoms with Gasteiger partial charge in [-0.3, -0.25) is 4.79 Å². The van der Waals surface area contributed by atoms with E-state index in [-0.39, 0.29) is 5.91 Å². The molecule has 0 unspecified atom stereocenters. The minimum atomic E-state index is -0.0412. The first kappa shape index (κ1) is 22.3. The van der Waals surface area contributed by atoms with E-state index in [0.717, 1.165) is 33.8 Å². The van der Waals surface area contributed by atoms with Gasteiger partial charge in [-0.2, -0.15) is 4.98 Å². The van der Waals surface area contributed by atoms with Gasteiger partial charge in [0.25, 0.3) is 5.78 Å². The second-order valence-electron chi connectivity index (χ2n) is 7.92. The van der Waals surface area contributed by atoms with E-state index < -0.39 is 0 Å². The van der Waals surface area contributed by atoms with Gasteiger partial charge in [0.1, 0.15) is 11.5 Å². The van der Waals surface area contributed by atoms with Crippen LogP contribution in [-0.2, 0) is 11.2 Å². The first-order chi connectivity index (χ1) is 15.9. The molecule has 2 aromatic heterocycles. The molecule has 4 rings (SSSR count). The molecule has 170 valence electrons. The number of aromatic nitrogens is 4. The third-order valence-corrected chi connectivity index (χ3v) is 5.60. The van der Waals surface area contributed by atoms with Crippen LogP contribution < -0.4 is 14.8 Å². The number of carbonyl (C=O) groups is 1. The highest BCUT2D eigenvalue weighted by Gasteiger charge is 2.16. The number of carbonyl (C=O) groups excluding carboxylic acids is 1. The molecule has 4 aromatic rings. The van der Waals surface area contributed by atoms with Crippen LogP contribution >= 0.6 is 0 Å². The smallest absolute Gasteiger partial charge is 0.253 e. The lowest BCUT2D eigenvalue weighted by Gasteiger charge is -2.10. The molecule has 0 radical (unpaired) electrons. The van der Waals surface area contributed by atoms with Crippen LogP contribution in [0.4, 0.5) is 5.69 Å². The molecule has 2 aromatic carbocycles. The van der Waals surface area contributed by atoms with E-state index in [2.05, 4.69) is 20.4 Å². The fraction of sp³-hybridized carbons (Fsp3) is 0.280. The van der Waals surface area contributed by atoms with Crippen LogP contribution in [0.2, 0.25) is 0 Å². The van der Waals surface area contributed by atoms with Crippen molar-refractivity contribution in [3.8, 4) is 22.9 Å². The van der Waals surface area contributed by atoms with Crippen molar-refractivity contribution in [2.75, 3.05) is 19.5 Å². The molecule has 1 amide bonds. The highest BCUT2D eigenvalue weighted by molar-refractivity contribution is 5.90. The Morgan fingerprint density at radius 3 is 2.27 bits per heavy atom. The average molecular weight is 446 g/mol. The summed E-state index contributed by atoms with van der Waals surface area (Å²) in [6.07, 6.45) is 0.901. The number of aryl methyl sites for hydroxylation is 3. The summed E-state index contributed by atoms with van der Waals surface area (Å²) < 4.78 is 12.4. The van der Waals surface area contributed by atoms with Crippen molar-refractivity contribution in [3.63, 3.8) is 0 Å². The third kappa shape index (κ3) is 4.79. The summed E-state index contributed by atoms with van der Waals surface area (Å²) in [5, 5.41) is 7.61. The highest BCUT2D eigenvalue weighted by atomic mass is 16.5. The lowest BCUT2D eigenvalue weighted by Crippen LogP contribution is -2.14. The number of anilines is 1. The monoisotopic (exact) mass is 445 g/mol. The largest absolute Gasteiger partial charge is 0.497 e. The maximum atomic E-state index is 12.5. The number of amides is 1. The fourth-order valence-corrected chi connectivity index (χ4v) is 3.73. The third-order valence-electron chi connectivity index (χ3n) is 5.60. The number of methoxy groups -OCH3 is 2. The summed E-state index contributed by atoms with van der Waals surface area (Å²) in [6.45, 7) is 5.92. The van der Waals surface area contributed by atoms with Crippen molar-refractivity contribution in [2.45, 2.75) is 33.6 Å². The molecule has 0 aliphatic heterocycles. The molecule has 2 heterocycles. The molecular weight excluding hydrogens is 418 g/mol. The number of rotatable bonds is 7. The van der Waals surface area contributed by atoms with Gasteiger partial charge in [0.2, 0.25) is 5.91 Å². The van der Waals surface area contributed by atoms with E-state index in [4.69, 9.17) is 9.47 Å². The number of hydrogen-bond donors (Lipinski definition) is 1. The number of fused-ring (bicyclic) bond motifs is 1. The van der Waals surface area contributed by atoms with Crippen molar-refractivity contribution in [1.82, 2.24) is 19.6 Å². The summed E-state index contributed by atoms with van der Waals surface area (Å²) in [7, 11) is 3.21. The van der Waals surface area contributed by atoms with Crippen LogP contribution in [0.3, 0.4) is 0 Å². The van der Waals surface area contributed by atoms with Crippen LogP contribution in [0.15, 0.2) is 42.5 Å². The predicted octanol–water partition coefficient (Wildman–Crippen LogP) is 4.31. The summed E-state index contributed by atoms with van der Waals surface area (Å²) in [5.74, 6) is 2.31. The minimum Gasteiger partial charge on any atom is -0.497 e. The fourth-order valence-electron chi connectivity index (χ4n) is 3.73. The molecule has 0 aliphatic rings. The van der Waals surface area contributed by atoms with Gasteiger partial charge < -0.3 is 14.8 Å². The van der Waals surface area contributed by atoms with E-state index in [9.17, 15) is 4.79 Å². The second kappa shape index (κ2) is 9.28. The van der Waals surface area contributed by atoms with Crippen LogP contribution in [0.1, 0.15) is 28.9 Å². The minimum absolute atomic E-state index is 0.0412. The van der Waals surface area contributed by atoms with Crippen molar-refractivity contribution >= 4 is 17.4 Å². The van der Waals surface area contributed by atoms with Gasteiger partial charge in [-0.15, -0.1) is 5.10 Å². The summed E-state index contributed by atoms with van der Waals surface area (Å²) >= 11 is 0. The molecule has 0 saturated carbocycles. The average Bonchev–Trinajstić information content (AvgIpc) is 3.24. The molecule has 1 N–H and O–H groups in total. The van der Waals surface area contributed by atoms with Crippen LogP contribution in [0.25, 0.3) is 17.2 Å². The van der Waals surface area contributed by atoms with Crippen LogP contribution in [-0.4, -0.2) is 39.7 Å². The van der Waals surface area contributed by atoms with E-state index in [1.807, 2.05) is 57.2 Å². The Labute approximate surface area is 192 Å². The van der Waals surface area contributed by atoms with Gasteiger partial charge in [-0.25, -0.2) is 9.50 Å². The molecule has 8 nitrogen and oxygen atoms in total. The first-order valence-corrected chi connectivity index (χ1v) is 10.7. The number of ether oxygens (including phenoxy) is 2. The standard InChI is InChI=1S/C25H27N5O3/c1-15-6-8-19(9-7-15)27-23(31)11-10-22-16(2)26-25-28-24(29-30(25)17(22)3)18-12-20(32-4)14-21(13-18)33-5/h6-9,12-14H,10-11H2,1-5H3,(H,27,31). The topological polar surface area (TPSA) is 90.6 Å². The van der Waals surface area contributed by atoms with Crippen molar-refractivity contribution in [1.29, 1.82) is 0 Å². The van der Waals surface area contributed by atoms with Crippen molar-refractivity contribution in [2.24, 2.45) is 0 Å². The SMILES string of the molecule is COc1cc(OC)cc(-c2nc3nc(C)c(CCC(=O)Nc4ccc(C)cc4)c(C)n3n2)c1. The number of nitrogens with one attached hydrogen (secondary N) is 1. The van der Waals surface area contributed by atoms with Crippen molar-refractivity contribution in [3.05, 3.63) is 65.0 Å². The maximum Gasteiger partial charge on any atom is 0.253 e. The molecule has 0 fully saturated rings. The number of nitrogens with zero attached hydrogens (tertiary/aromatic N) is 4. The molecular formula is C25H27N5O3. The van der Waals surface area contributed by atoms with Crippen LogP contribution in [0, 0.1) is 20.8 Å². The molecule has 8 heteroatoms. The zero-order valence-electron chi connectivity index (χ0n) is 19.5. The number of hydrogen-bond acceptors (Lipinski definition) is 6. The Kier molecular flexibility index (Phi) is 6.26. The zero-order valence-corrected chi connectivity index (χ0v) is 19.5. The van der Waals surface area contributed by atoms with Gasteiger partial charge >= 0.3 is 0 Å². The second-order valence-corrected chi connectivity index (χ2v) is 7.92. The van der Waals surface area contributed by atoms with Crippen molar-refractivity contribution < 1.29 is 14.3 Å². The zero-order chi connectivity index (χ0) is 23.5.